The maximum Gasteiger partial charge on any atom is 0.417 e. The molecule has 4 aliphatic heterocycles. The zero-order valence-corrected chi connectivity index (χ0v) is 75.9. The molecule has 8 aromatic heterocycles. The first kappa shape index (κ1) is 85.3. The van der Waals surface area contributed by atoms with Crippen LogP contribution < -0.4 is 18.3 Å². The molecule has 0 N–H and O–H groups in total. The summed E-state index contributed by atoms with van der Waals surface area (Å²) in [5.41, 5.74) is 37.4. The summed E-state index contributed by atoms with van der Waals surface area (Å²) in [6.07, 6.45) is 14.0. The van der Waals surface area contributed by atoms with Crippen LogP contribution in [-0.2, 0) is 51.5 Å². The van der Waals surface area contributed by atoms with Gasteiger partial charge in [-0.25, -0.2) is 0 Å². The normalized spacial score (nSPS) is 13.4. The molecule has 2 unspecified atom stereocenters. The number of rotatable bonds is 8. The van der Waals surface area contributed by atoms with E-state index >= 15 is 0 Å². The van der Waals surface area contributed by atoms with Crippen LogP contribution in [0.2, 0.25) is 0 Å². The predicted octanol–water partition coefficient (Wildman–Crippen LogP) is 25.1. The zero-order valence-electron chi connectivity index (χ0n) is 71.1. The molecule has 0 aliphatic carbocycles. The third kappa shape index (κ3) is 16.9. The van der Waals surface area contributed by atoms with Gasteiger partial charge in [-0.3, -0.25) is 0 Å². The Kier molecular flexibility index (Phi) is 25.8. The van der Waals surface area contributed by atoms with Crippen LogP contribution in [0.25, 0.3) is 135 Å². The van der Waals surface area contributed by atoms with Gasteiger partial charge >= 0.3 is 11.3 Å². The minimum absolute atomic E-state index is 0. The molecule has 0 saturated heterocycles. The van der Waals surface area contributed by atoms with Gasteiger partial charge in [0.2, 0.25) is 22.8 Å². The number of aromatic nitrogens is 8. The van der Waals surface area contributed by atoms with Crippen LogP contribution in [0.1, 0.15) is 44.6 Å². The molecule has 12 aromatic carbocycles. The number of hydrogen-bond donors (Lipinski definition) is 0. The van der Waals surface area contributed by atoms with E-state index in [0.717, 1.165) is 45.0 Å². The standard InChI is InChI=1S/C31H24N2.C30H22N2.C18H14N.C17H12N.2C11H8N.2Ir/c1-21-15-18-29-26-17-16-24(23-10-4-3-5-11-23)19-28(26)31(32(29)20-21)27-13-7-6-12-25(27)30-14-8-9-22(2)33(30)31;1-21-16-18-32-29(19-21)25-15-14-23(22-9-3-2-4-10-22)20-27(25)30(32)26-12-6-5-11-24(26)28-13-7-8-17-31(28)30;1-14-11-12-19-18(13-14)17-9-7-16(8-10-17)15-5-3-2-4-6-15;1-2-6-14(7-3-1)15-9-11-16(12-10-15)17-8-4-5-13-18-17;2*1-2-6-10(7-3-1)11-8-4-5-9-12-11;;/h3-20H,1-2H3;2-20H,1H3;2-9,11-13H,1H3;1-11,13H;2*1-6,8-9H;;/q2*+2;4*-1;;. The Hall–Kier alpha value is -14.9. The molecular weight excluding hydrogens is 1910 g/mol. The quantitative estimate of drug-likeness (QED) is 0.112. The maximum absolute atomic E-state index is 4.38. The second-order valence-corrected chi connectivity index (χ2v) is 31.6. The molecular formula is C118H88Ir2N8. The molecule has 2 radical (unpaired) electrons. The van der Waals surface area contributed by atoms with Crippen LogP contribution in [0.5, 0.6) is 0 Å². The van der Waals surface area contributed by atoms with E-state index in [2.05, 4.69) is 370 Å². The minimum Gasteiger partial charge on any atom is -0.305 e. The van der Waals surface area contributed by atoms with Crippen LogP contribution in [0.3, 0.4) is 0 Å². The van der Waals surface area contributed by atoms with Crippen molar-refractivity contribution in [1.82, 2.24) is 19.9 Å². The fourth-order valence-electron chi connectivity index (χ4n) is 17.8. The van der Waals surface area contributed by atoms with Crippen molar-refractivity contribution in [2.75, 3.05) is 0 Å². The Morgan fingerprint density at radius 2 is 0.648 bits per heavy atom. The summed E-state index contributed by atoms with van der Waals surface area (Å²) in [6, 6.07) is 159. The van der Waals surface area contributed by atoms with E-state index in [1.165, 1.54) is 134 Å². The van der Waals surface area contributed by atoms with Crippen LogP contribution in [0, 0.1) is 52.0 Å². The van der Waals surface area contributed by atoms with Gasteiger partial charge in [0, 0.05) is 120 Å². The van der Waals surface area contributed by atoms with Gasteiger partial charge in [0.1, 0.15) is 22.3 Å². The van der Waals surface area contributed by atoms with E-state index in [4.69, 9.17) is 0 Å². The van der Waals surface area contributed by atoms with Gasteiger partial charge in [-0.2, -0.15) is 0 Å². The average Bonchev–Trinajstić information content (AvgIpc) is 1.51. The van der Waals surface area contributed by atoms with Crippen molar-refractivity contribution in [3.8, 4) is 135 Å². The number of benzene rings is 12. The Bertz CT molecular complexity index is 6950. The van der Waals surface area contributed by atoms with E-state index in [0.29, 0.717) is 0 Å². The van der Waals surface area contributed by atoms with Crippen molar-refractivity contribution in [3.63, 3.8) is 0 Å². The summed E-state index contributed by atoms with van der Waals surface area (Å²) in [4.78, 5) is 17.1. The fraction of sp³-hybridized carbons (Fsp3) is 0.0508. The second kappa shape index (κ2) is 38.7. The maximum atomic E-state index is 4.38. The molecule has 2 atom stereocenters. The molecule has 20 aromatic rings. The summed E-state index contributed by atoms with van der Waals surface area (Å²) in [7, 11) is 0. The molecule has 0 bridgehead atoms. The SMILES string of the molecule is Cc1cc[n+]2c(c1)-c1ccc(-c3ccccc3)cc1C21c2ccccc2-c2cccc[n+]21.Cc1ccc2[n+](c1)C1(c3cc(-c4ccccc4)ccc3-2)c2ccccc2-c2cccc(C)[n+]21.Cc1ccnc(-c2[c-]cc(-c3ccccc3)cc2)c1.[Ir].[Ir].[c-]1cc(-c2ccccc2)ccc1-c1ccccn1.[c-]1ccccc1-c1ccccn1.[c-]1ccccc1-c1ccccn1. The van der Waals surface area contributed by atoms with E-state index in [1.807, 2.05) is 164 Å². The summed E-state index contributed by atoms with van der Waals surface area (Å²) in [5.74, 6) is 0. The van der Waals surface area contributed by atoms with E-state index in [-0.39, 0.29) is 40.2 Å². The fourth-order valence-corrected chi connectivity index (χ4v) is 17.8. The Morgan fingerprint density at radius 1 is 0.234 bits per heavy atom. The van der Waals surface area contributed by atoms with Crippen LogP contribution in [-0.4, -0.2) is 19.9 Å². The molecule has 0 fully saturated rings. The summed E-state index contributed by atoms with van der Waals surface area (Å²) in [6.45, 7) is 8.66. The van der Waals surface area contributed by atoms with Gasteiger partial charge in [-0.1, -0.05) is 228 Å². The Balaban J connectivity index is 0.000000112. The monoisotopic (exact) mass is 2000 g/mol. The van der Waals surface area contributed by atoms with E-state index < -0.39 is 11.3 Å². The molecule has 2 spiro atoms. The minimum atomic E-state index is -0.446. The van der Waals surface area contributed by atoms with Crippen LogP contribution in [0.15, 0.2) is 462 Å². The van der Waals surface area contributed by atoms with E-state index in [9.17, 15) is 0 Å². The van der Waals surface area contributed by atoms with Gasteiger partial charge in [-0.05, 0) is 162 Å². The molecule has 0 saturated carbocycles. The molecule has 4 aliphatic rings. The first-order chi connectivity index (χ1) is 62.2. The topological polar surface area (TPSA) is 67.1 Å². The van der Waals surface area contributed by atoms with E-state index in [1.54, 1.807) is 18.6 Å². The smallest absolute Gasteiger partial charge is 0.305 e. The third-order valence-corrected chi connectivity index (χ3v) is 23.6. The molecule has 10 heteroatoms. The summed E-state index contributed by atoms with van der Waals surface area (Å²) in [5, 5.41) is 0. The van der Waals surface area contributed by atoms with Crippen LogP contribution in [0.4, 0.5) is 0 Å². The van der Waals surface area contributed by atoms with Crippen molar-refractivity contribution >= 4 is 0 Å². The Labute approximate surface area is 776 Å². The van der Waals surface area contributed by atoms with Crippen molar-refractivity contribution in [2.45, 2.75) is 39.0 Å². The van der Waals surface area contributed by atoms with Gasteiger partial charge in [-0.15, -0.1) is 150 Å². The zero-order chi connectivity index (χ0) is 85.2. The molecule has 0 amide bonds. The largest absolute Gasteiger partial charge is 0.417 e. The molecule has 128 heavy (non-hydrogen) atoms. The second-order valence-electron chi connectivity index (χ2n) is 31.6. The first-order valence-electron chi connectivity index (χ1n) is 42.6. The molecule has 24 rings (SSSR count). The first-order valence-corrected chi connectivity index (χ1v) is 42.6. The number of pyridine rings is 8. The Morgan fingerprint density at radius 3 is 1.16 bits per heavy atom. The summed E-state index contributed by atoms with van der Waals surface area (Å²) >= 11 is 0. The van der Waals surface area contributed by atoms with Crippen molar-refractivity contribution in [2.24, 2.45) is 0 Å². The van der Waals surface area contributed by atoms with Gasteiger partial charge < -0.3 is 19.9 Å². The number of nitrogens with zero attached hydrogens (tertiary/aromatic N) is 8. The number of fused-ring (bicyclic) bond motifs is 20. The molecule has 12 heterocycles. The van der Waals surface area contributed by atoms with Crippen LogP contribution >= 0.6 is 0 Å². The predicted molar refractivity (Wildman–Crippen MR) is 506 cm³/mol. The molecule has 618 valence electrons. The number of hydrogen-bond acceptors (Lipinski definition) is 4. The van der Waals surface area contributed by atoms with Gasteiger partial charge in [0.25, 0.3) is 0 Å². The van der Waals surface area contributed by atoms with Gasteiger partial charge in [0.15, 0.2) is 24.3 Å². The third-order valence-electron chi connectivity index (χ3n) is 23.6. The number of aryl methyl sites for hydroxylation is 4. The summed E-state index contributed by atoms with van der Waals surface area (Å²) < 4.78 is 9.97. The van der Waals surface area contributed by atoms with Crippen molar-refractivity contribution in [3.05, 3.63) is 531 Å². The van der Waals surface area contributed by atoms with Gasteiger partial charge in [0.05, 0.1) is 22.3 Å². The van der Waals surface area contributed by atoms with Crippen molar-refractivity contribution < 1.29 is 58.5 Å². The molecule has 8 nitrogen and oxygen atoms in total. The average molecular weight is 2000 g/mol. The van der Waals surface area contributed by atoms with Crippen molar-refractivity contribution in [1.29, 1.82) is 0 Å².